The van der Waals surface area contributed by atoms with E-state index in [4.69, 9.17) is 16.3 Å². The molecule has 1 amide bonds. The second-order valence-electron chi connectivity index (χ2n) is 4.24. The first-order valence-electron chi connectivity index (χ1n) is 5.78. The summed E-state index contributed by atoms with van der Waals surface area (Å²) in [6.07, 6.45) is 0.141. The van der Waals surface area contributed by atoms with Gasteiger partial charge in [0.1, 0.15) is 5.75 Å². The number of amides is 1. The highest BCUT2D eigenvalue weighted by Crippen LogP contribution is 2.35. The third-order valence-corrected chi connectivity index (χ3v) is 3.33. The number of methoxy groups -OCH3 is 2. The van der Waals surface area contributed by atoms with E-state index < -0.39 is 5.92 Å². The van der Waals surface area contributed by atoms with Crippen LogP contribution in [0, 0.1) is 5.92 Å². The minimum Gasteiger partial charge on any atom is -0.495 e. The van der Waals surface area contributed by atoms with Gasteiger partial charge >= 0.3 is 5.97 Å². The summed E-state index contributed by atoms with van der Waals surface area (Å²) in [7, 11) is 2.83. The first kappa shape index (κ1) is 13.7. The summed E-state index contributed by atoms with van der Waals surface area (Å²) >= 11 is 5.94. The highest BCUT2D eigenvalue weighted by molar-refractivity contribution is 6.31. The quantitative estimate of drug-likeness (QED) is 0.795. The molecule has 2 rings (SSSR count). The Morgan fingerprint density at radius 1 is 1.42 bits per heavy atom. The fraction of sp³-hybridized carbons (Fsp3) is 0.385. The van der Waals surface area contributed by atoms with E-state index in [1.807, 2.05) is 0 Å². The molecule has 0 radical (unpaired) electrons. The molecule has 0 spiro atoms. The molecule has 0 N–H and O–H groups in total. The van der Waals surface area contributed by atoms with E-state index in [2.05, 4.69) is 4.74 Å². The first-order valence-corrected chi connectivity index (χ1v) is 6.16. The molecule has 1 aromatic rings. The van der Waals surface area contributed by atoms with Crippen LogP contribution in [0.25, 0.3) is 0 Å². The van der Waals surface area contributed by atoms with Crippen molar-refractivity contribution in [3.8, 4) is 5.75 Å². The summed E-state index contributed by atoms with van der Waals surface area (Å²) < 4.78 is 9.89. The molecular weight excluding hydrogens is 270 g/mol. The van der Waals surface area contributed by atoms with E-state index >= 15 is 0 Å². The summed E-state index contributed by atoms with van der Waals surface area (Å²) in [6, 6.07) is 5.02. The molecule has 6 heteroatoms. The Balaban J connectivity index is 2.30. The molecular formula is C13H14ClNO4. The number of anilines is 1. The van der Waals surface area contributed by atoms with Crippen molar-refractivity contribution in [3.05, 3.63) is 23.2 Å². The number of benzene rings is 1. The number of nitrogens with zero attached hydrogens (tertiary/aromatic N) is 1. The van der Waals surface area contributed by atoms with Gasteiger partial charge in [-0.05, 0) is 18.2 Å². The number of halogens is 1. The second kappa shape index (κ2) is 5.48. The Morgan fingerprint density at radius 3 is 2.79 bits per heavy atom. The normalized spacial score (nSPS) is 18.6. The van der Waals surface area contributed by atoms with E-state index in [-0.39, 0.29) is 24.8 Å². The maximum Gasteiger partial charge on any atom is 0.311 e. The summed E-state index contributed by atoms with van der Waals surface area (Å²) in [6.45, 7) is 0.280. The highest BCUT2D eigenvalue weighted by atomic mass is 35.5. The van der Waals surface area contributed by atoms with Crippen molar-refractivity contribution in [2.45, 2.75) is 6.42 Å². The lowest BCUT2D eigenvalue weighted by atomic mass is 10.1. The topological polar surface area (TPSA) is 55.8 Å². The predicted molar refractivity (Wildman–Crippen MR) is 70.5 cm³/mol. The number of rotatable bonds is 3. The van der Waals surface area contributed by atoms with Crippen molar-refractivity contribution >= 4 is 29.2 Å². The Hall–Kier alpha value is -1.75. The monoisotopic (exact) mass is 283 g/mol. The number of ether oxygens (including phenoxy) is 2. The van der Waals surface area contributed by atoms with Gasteiger partial charge in [-0.1, -0.05) is 11.6 Å². The zero-order valence-electron chi connectivity index (χ0n) is 10.7. The molecule has 1 fully saturated rings. The van der Waals surface area contributed by atoms with Crippen LogP contribution in [0.4, 0.5) is 5.69 Å². The van der Waals surface area contributed by atoms with Crippen LogP contribution < -0.4 is 9.64 Å². The third-order valence-electron chi connectivity index (χ3n) is 3.09. The number of carbonyl (C=O) groups excluding carboxylic acids is 2. The Kier molecular flexibility index (Phi) is 3.95. The molecule has 102 valence electrons. The van der Waals surface area contributed by atoms with Gasteiger partial charge in [0.2, 0.25) is 5.91 Å². The smallest absolute Gasteiger partial charge is 0.311 e. The molecule has 5 nitrogen and oxygen atoms in total. The summed E-state index contributed by atoms with van der Waals surface area (Å²) in [4.78, 5) is 25.0. The summed E-state index contributed by atoms with van der Waals surface area (Å²) in [5.41, 5.74) is 0.575. The molecule has 0 saturated carbocycles. The predicted octanol–water partition coefficient (Wildman–Crippen LogP) is 1.87. The maximum atomic E-state index is 12.0. The van der Waals surface area contributed by atoms with Gasteiger partial charge in [-0.25, -0.2) is 0 Å². The van der Waals surface area contributed by atoms with Gasteiger partial charge in [-0.15, -0.1) is 0 Å². The van der Waals surface area contributed by atoms with Crippen molar-refractivity contribution in [3.63, 3.8) is 0 Å². The minimum absolute atomic E-state index is 0.141. The van der Waals surface area contributed by atoms with Crippen LogP contribution in [-0.4, -0.2) is 32.6 Å². The minimum atomic E-state index is -0.443. The van der Waals surface area contributed by atoms with Crippen LogP contribution in [0.15, 0.2) is 18.2 Å². The van der Waals surface area contributed by atoms with Crippen LogP contribution in [0.3, 0.4) is 0 Å². The van der Waals surface area contributed by atoms with E-state index in [1.165, 1.54) is 19.1 Å². The van der Waals surface area contributed by atoms with Crippen LogP contribution >= 0.6 is 11.6 Å². The van der Waals surface area contributed by atoms with Gasteiger partial charge in [0, 0.05) is 18.0 Å². The van der Waals surface area contributed by atoms with E-state index in [1.54, 1.807) is 18.2 Å². The summed E-state index contributed by atoms with van der Waals surface area (Å²) in [5, 5.41) is 0.505. The van der Waals surface area contributed by atoms with Gasteiger partial charge in [0.05, 0.1) is 25.8 Å². The zero-order chi connectivity index (χ0) is 14.0. The largest absolute Gasteiger partial charge is 0.495 e. The molecule has 0 bridgehead atoms. The Bertz CT molecular complexity index is 517. The van der Waals surface area contributed by atoms with Crippen molar-refractivity contribution in [1.82, 2.24) is 0 Å². The molecule has 0 unspecified atom stereocenters. The lowest BCUT2D eigenvalue weighted by Gasteiger charge is -2.19. The highest BCUT2D eigenvalue weighted by Gasteiger charge is 2.36. The van der Waals surface area contributed by atoms with Crippen LogP contribution in [0.5, 0.6) is 5.75 Å². The van der Waals surface area contributed by atoms with Crippen LogP contribution in [-0.2, 0) is 14.3 Å². The van der Waals surface area contributed by atoms with Crippen LogP contribution in [0.2, 0.25) is 5.02 Å². The fourth-order valence-corrected chi connectivity index (χ4v) is 2.31. The number of esters is 1. The van der Waals surface area contributed by atoms with Crippen molar-refractivity contribution in [2.24, 2.45) is 5.92 Å². The molecule has 1 aliphatic rings. The average molecular weight is 284 g/mol. The van der Waals surface area contributed by atoms with Crippen molar-refractivity contribution < 1.29 is 19.1 Å². The Morgan fingerprint density at radius 2 is 2.16 bits per heavy atom. The molecule has 1 aliphatic heterocycles. The number of carbonyl (C=O) groups is 2. The lowest BCUT2D eigenvalue weighted by molar-refractivity contribution is -0.145. The lowest BCUT2D eigenvalue weighted by Crippen LogP contribution is -2.26. The number of hydrogen-bond donors (Lipinski definition) is 0. The standard InChI is InChI=1S/C13H14ClNO4/c1-18-11-4-3-9(14)6-10(11)15-7-8(5-12(15)16)13(17)19-2/h3-4,6,8H,5,7H2,1-2H3/t8-/m1/s1. The van der Waals surface area contributed by atoms with Gasteiger partial charge in [0.15, 0.2) is 0 Å². The molecule has 19 heavy (non-hydrogen) atoms. The van der Waals surface area contributed by atoms with E-state index in [0.717, 1.165) is 0 Å². The fourth-order valence-electron chi connectivity index (χ4n) is 2.14. The van der Waals surface area contributed by atoms with Gasteiger partial charge in [-0.2, -0.15) is 0 Å². The molecule has 0 aromatic heterocycles. The van der Waals surface area contributed by atoms with E-state index in [9.17, 15) is 9.59 Å². The van der Waals surface area contributed by atoms with Crippen molar-refractivity contribution in [1.29, 1.82) is 0 Å². The van der Waals surface area contributed by atoms with Gasteiger partial charge < -0.3 is 14.4 Å². The number of hydrogen-bond acceptors (Lipinski definition) is 4. The molecule has 1 aromatic carbocycles. The SMILES string of the molecule is COC(=O)[C@@H]1CC(=O)N(c2cc(Cl)ccc2OC)C1. The van der Waals surface area contributed by atoms with Crippen LogP contribution in [0.1, 0.15) is 6.42 Å². The van der Waals surface area contributed by atoms with Crippen molar-refractivity contribution in [2.75, 3.05) is 25.7 Å². The summed E-state index contributed by atoms with van der Waals surface area (Å²) in [5.74, 6) is -0.419. The molecule has 1 heterocycles. The molecule has 1 atom stereocenters. The molecule has 1 saturated heterocycles. The first-order chi connectivity index (χ1) is 9.06. The van der Waals surface area contributed by atoms with Gasteiger partial charge in [0.25, 0.3) is 0 Å². The van der Waals surface area contributed by atoms with E-state index in [0.29, 0.717) is 16.5 Å². The average Bonchev–Trinajstić information content (AvgIpc) is 2.79. The molecule has 0 aliphatic carbocycles. The second-order valence-corrected chi connectivity index (χ2v) is 4.68. The van der Waals surface area contributed by atoms with Gasteiger partial charge in [-0.3, -0.25) is 9.59 Å². The third kappa shape index (κ3) is 2.66. The maximum absolute atomic E-state index is 12.0. The zero-order valence-corrected chi connectivity index (χ0v) is 11.4. The Labute approximate surface area is 116 Å².